The molecule has 3 fully saturated rings. The number of nitriles is 2. The summed E-state index contributed by atoms with van der Waals surface area (Å²) >= 11 is 2.15. The van der Waals surface area contributed by atoms with Gasteiger partial charge in [0.25, 0.3) is 0 Å². The molecule has 38 heavy (non-hydrogen) atoms. The van der Waals surface area contributed by atoms with Gasteiger partial charge in [0.15, 0.2) is 0 Å². The zero-order valence-electron chi connectivity index (χ0n) is 23.1. The molecule has 0 bridgehead atoms. The molecule has 5 aliphatic carbocycles. The molecule has 204 valence electrons. The van der Waals surface area contributed by atoms with E-state index >= 15 is 0 Å². The fourth-order valence-electron chi connectivity index (χ4n) is 8.71. The zero-order valence-corrected chi connectivity index (χ0v) is 23.9. The maximum atomic E-state index is 9.50. The van der Waals surface area contributed by atoms with Crippen LogP contribution in [0.1, 0.15) is 103 Å². The minimum absolute atomic E-state index is 0.280. The highest BCUT2D eigenvalue weighted by atomic mass is 32.2. The van der Waals surface area contributed by atoms with Crippen LogP contribution in [0.25, 0.3) is 0 Å². The van der Waals surface area contributed by atoms with E-state index in [9.17, 15) is 10.5 Å². The lowest BCUT2D eigenvalue weighted by Gasteiger charge is -2.49. The second kappa shape index (κ2) is 12.3. The van der Waals surface area contributed by atoms with E-state index in [4.69, 9.17) is 0 Å². The molecule has 1 aliphatic heterocycles. The number of thioether (sulfide) groups is 1. The average Bonchev–Trinajstić information content (AvgIpc) is 3.43. The summed E-state index contributed by atoms with van der Waals surface area (Å²) in [5, 5.41) is 23.9. The molecule has 6 aliphatic rings. The second-order valence-electron chi connectivity index (χ2n) is 13.0. The normalized spacial score (nSPS) is 41.5. The summed E-state index contributed by atoms with van der Waals surface area (Å²) in [5.41, 5.74) is 2.67. The van der Waals surface area contributed by atoms with E-state index in [0.29, 0.717) is 28.7 Å². The van der Waals surface area contributed by atoms with Crippen molar-refractivity contribution in [3.63, 3.8) is 0 Å². The van der Waals surface area contributed by atoms with Crippen LogP contribution in [0.5, 0.6) is 0 Å². The van der Waals surface area contributed by atoms with Crippen molar-refractivity contribution in [1.29, 1.82) is 10.5 Å². The smallest absolute Gasteiger partial charge is 0.0943 e. The van der Waals surface area contributed by atoms with Crippen molar-refractivity contribution in [2.75, 3.05) is 0 Å². The van der Waals surface area contributed by atoms with Gasteiger partial charge in [-0.2, -0.15) is 10.5 Å². The summed E-state index contributed by atoms with van der Waals surface area (Å²) in [7, 11) is 0. The van der Waals surface area contributed by atoms with Gasteiger partial charge in [-0.3, -0.25) is 10.2 Å². The van der Waals surface area contributed by atoms with Crippen LogP contribution >= 0.6 is 11.8 Å². The molecule has 0 aromatic rings. The predicted molar refractivity (Wildman–Crippen MR) is 156 cm³/mol. The minimum atomic E-state index is 0.280. The fraction of sp³-hybridized carbons (Fsp3) is 0.758. The van der Waals surface area contributed by atoms with Crippen molar-refractivity contribution < 1.29 is 0 Å². The third kappa shape index (κ3) is 5.82. The largest absolute Gasteiger partial charge is 0.298 e. The van der Waals surface area contributed by atoms with Crippen molar-refractivity contribution in [1.82, 2.24) is 10.2 Å². The summed E-state index contributed by atoms with van der Waals surface area (Å²) in [6.45, 7) is 0. The number of hydrogen-bond acceptors (Lipinski definition) is 5. The molecule has 2 saturated carbocycles. The van der Waals surface area contributed by atoms with E-state index < -0.39 is 0 Å². The Balaban J connectivity index is 1.10. The number of fused-ring (bicyclic) bond motifs is 1. The highest BCUT2D eigenvalue weighted by molar-refractivity contribution is 8.01. The number of nitrogens with one attached hydrogen (secondary N) is 1. The highest BCUT2D eigenvalue weighted by Crippen LogP contribution is 2.44. The van der Waals surface area contributed by atoms with Crippen LogP contribution < -0.4 is 5.32 Å². The third-order valence-electron chi connectivity index (χ3n) is 10.9. The first-order valence-corrected chi connectivity index (χ1v) is 16.7. The maximum absolute atomic E-state index is 9.50. The van der Waals surface area contributed by atoms with Gasteiger partial charge in [0, 0.05) is 40.9 Å². The van der Waals surface area contributed by atoms with E-state index in [1.807, 2.05) is 0 Å². The van der Waals surface area contributed by atoms with Crippen LogP contribution in [0, 0.1) is 40.4 Å². The van der Waals surface area contributed by atoms with Crippen molar-refractivity contribution in [2.24, 2.45) is 17.8 Å². The second-order valence-corrected chi connectivity index (χ2v) is 14.3. The number of nitrogens with zero attached hydrogens (tertiary/aromatic N) is 3. The molecule has 0 radical (unpaired) electrons. The van der Waals surface area contributed by atoms with Crippen LogP contribution in [-0.4, -0.2) is 39.7 Å². The van der Waals surface area contributed by atoms with Gasteiger partial charge < -0.3 is 0 Å². The Morgan fingerprint density at radius 3 is 2.21 bits per heavy atom. The first kappa shape index (κ1) is 26.7. The summed E-state index contributed by atoms with van der Waals surface area (Å²) in [5.74, 6) is 1.92. The van der Waals surface area contributed by atoms with Crippen molar-refractivity contribution in [2.45, 2.75) is 138 Å². The van der Waals surface area contributed by atoms with Gasteiger partial charge in [0.1, 0.15) is 0 Å². The average molecular weight is 531 g/mol. The van der Waals surface area contributed by atoms with Crippen molar-refractivity contribution in [3.05, 3.63) is 35.5 Å². The van der Waals surface area contributed by atoms with Gasteiger partial charge in [-0.05, 0) is 120 Å². The van der Waals surface area contributed by atoms with Gasteiger partial charge in [-0.25, -0.2) is 0 Å². The molecule has 1 N–H and O–H groups in total. The highest BCUT2D eigenvalue weighted by Gasteiger charge is 2.40. The third-order valence-corrected chi connectivity index (χ3v) is 12.4. The lowest BCUT2D eigenvalue weighted by Crippen LogP contribution is -2.52. The van der Waals surface area contributed by atoms with Gasteiger partial charge in [-0.1, -0.05) is 24.3 Å². The quantitative estimate of drug-likeness (QED) is 0.375. The van der Waals surface area contributed by atoms with Crippen molar-refractivity contribution >= 4 is 11.8 Å². The van der Waals surface area contributed by atoms with Gasteiger partial charge >= 0.3 is 0 Å². The lowest BCUT2D eigenvalue weighted by atomic mass is 9.72. The number of allylic oxidation sites excluding steroid dienone is 3. The molecule has 6 rings (SSSR count). The SMILES string of the molecule is N#CC1=CCC(C2CCC(N(C3CC=C(C4NC5CCC=CC5S4)CC3)C3CCC(C#N)CC3)CC2)CC1. The predicted octanol–water partition coefficient (Wildman–Crippen LogP) is 7.41. The van der Waals surface area contributed by atoms with Crippen LogP contribution in [0.15, 0.2) is 35.5 Å². The molecule has 0 aromatic heterocycles. The number of hydrogen-bond donors (Lipinski definition) is 1. The van der Waals surface area contributed by atoms with Gasteiger partial charge in [-0.15, -0.1) is 11.8 Å². The van der Waals surface area contributed by atoms with Crippen molar-refractivity contribution in [3.8, 4) is 12.1 Å². The topological polar surface area (TPSA) is 62.9 Å². The standard InChI is InChI=1S/C33H46N4S/c34-21-23-5-9-25(10-6-23)26-11-17-29(18-12-26)37(28-15-7-24(22-35)8-16-28)30-19-13-27(14-20-30)33-36-31-3-1-2-4-32(31)38-33/h2,4-5,13,24-26,28-33,36H,1,3,6-12,14-20H2. The Kier molecular flexibility index (Phi) is 8.66. The Labute approximate surface area is 235 Å². The first-order chi connectivity index (χ1) is 18.7. The van der Waals surface area contributed by atoms with Crippen LogP contribution in [0.4, 0.5) is 0 Å². The van der Waals surface area contributed by atoms with Crippen LogP contribution in [-0.2, 0) is 0 Å². The Bertz CT molecular complexity index is 1000. The summed E-state index contributed by atoms with van der Waals surface area (Å²) in [6.07, 6.45) is 29.3. The Hall–Kier alpha value is -1.53. The molecule has 4 nitrogen and oxygen atoms in total. The zero-order chi connectivity index (χ0) is 25.9. The molecule has 0 amide bonds. The Morgan fingerprint density at radius 2 is 1.58 bits per heavy atom. The molecular weight excluding hydrogens is 484 g/mol. The molecule has 5 atom stereocenters. The fourth-order valence-corrected chi connectivity index (χ4v) is 10.3. The van der Waals surface area contributed by atoms with Gasteiger partial charge in [0.05, 0.1) is 17.5 Å². The van der Waals surface area contributed by atoms with Crippen LogP contribution in [0.3, 0.4) is 0 Å². The molecular formula is C33H46N4S. The minimum Gasteiger partial charge on any atom is -0.298 e. The molecule has 1 heterocycles. The maximum Gasteiger partial charge on any atom is 0.0943 e. The van der Waals surface area contributed by atoms with E-state index in [-0.39, 0.29) is 5.92 Å². The molecule has 5 heteroatoms. The first-order valence-electron chi connectivity index (χ1n) is 15.7. The molecule has 0 spiro atoms. The van der Waals surface area contributed by atoms with Crippen LogP contribution in [0.2, 0.25) is 0 Å². The number of rotatable bonds is 5. The van der Waals surface area contributed by atoms with Gasteiger partial charge in [0.2, 0.25) is 0 Å². The van der Waals surface area contributed by atoms with E-state index in [0.717, 1.165) is 49.1 Å². The summed E-state index contributed by atoms with van der Waals surface area (Å²) < 4.78 is 0. The van der Waals surface area contributed by atoms with E-state index in [1.165, 1.54) is 77.0 Å². The molecule has 5 unspecified atom stereocenters. The van der Waals surface area contributed by atoms with E-state index in [1.54, 1.807) is 5.57 Å². The summed E-state index contributed by atoms with van der Waals surface area (Å²) in [4.78, 5) is 3.02. The van der Waals surface area contributed by atoms with E-state index in [2.05, 4.69) is 58.4 Å². The summed E-state index contributed by atoms with van der Waals surface area (Å²) in [6, 6.07) is 7.68. The Morgan fingerprint density at radius 1 is 0.789 bits per heavy atom. The molecule has 1 saturated heterocycles. The monoisotopic (exact) mass is 530 g/mol. The lowest BCUT2D eigenvalue weighted by molar-refractivity contribution is 0.0165. The molecule has 0 aromatic carbocycles.